The fourth-order valence-corrected chi connectivity index (χ4v) is 3.84. The maximum Gasteiger partial charge on any atom is 0.314 e. The fraction of sp³-hybridized carbons (Fsp3) is 0.120. The minimum Gasteiger partial charge on any atom is -0.507 e. The Labute approximate surface area is 205 Å². The summed E-state index contributed by atoms with van der Waals surface area (Å²) in [5, 5.41) is 43.9. The summed E-state index contributed by atoms with van der Waals surface area (Å²) in [4.78, 5) is 30.6. The van der Waals surface area contributed by atoms with Crippen molar-refractivity contribution >= 4 is 28.9 Å². The lowest BCUT2D eigenvalue weighted by atomic mass is 9.94. The Bertz CT molecular complexity index is 1510. The monoisotopic (exact) mass is 488 g/mol. The standard InChI is InChI=1S/C25H24N6O5/c1-28-25(36)29-11-12-2-5-20(32)15(6-12)16-7-13(9-21(33)34)8-17(22(16)35)24-30-18-4-3-14(23(26)27)10-19(18)31-24/h2-8,10,32,35H,9,11H2,1H3,(H3,26,27)(H,30,31)(H,33,34)(H2,28,29,36). The number of urea groups is 1. The highest BCUT2D eigenvalue weighted by atomic mass is 16.4. The van der Waals surface area contributed by atoms with E-state index in [4.69, 9.17) is 11.1 Å². The number of imidazole rings is 1. The quantitative estimate of drug-likeness (QED) is 0.144. The smallest absolute Gasteiger partial charge is 0.314 e. The molecule has 0 spiro atoms. The molecule has 0 saturated heterocycles. The highest BCUT2D eigenvalue weighted by Gasteiger charge is 2.20. The molecule has 0 radical (unpaired) electrons. The second-order valence-electron chi connectivity index (χ2n) is 8.13. The van der Waals surface area contributed by atoms with E-state index in [2.05, 4.69) is 20.6 Å². The summed E-state index contributed by atoms with van der Waals surface area (Å²) in [5.74, 6) is -1.27. The Balaban J connectivity index is 1.85. The van der Waals surface area contributed by atoms with Crippen LogP contribution in [0.1, 0.15) is 16.7 Å². The van der Waals surface area contributed by atoms with Crippen LogP contribution in [0, 0.1) is 5.41 Å². The average molecular weight is 489 g/mol. The van der Waals surface area contributed by atoms with Crippen molar-refractivity contribution in [3.05, 3.63) is 65.2 Å². The third kappa shape index (κ3) is 4.89. The molecule has 11 nitrogen and oxygen atoms in total. The lowest BCUT2D eigenvalue weighted by Crippen LogP contribution is -2.32. The second kappa shape index (κ2) is 9.66. The molecule has 4 rings (SSSR count). The maximum absolute atomic E-state index is 11.5. The van der Waals surface area contributed by atoms with Crippen LogP contribution in [0.25, 0.3) is 33.5 Å². The van der Waals surface area contributed by atoms with Gasteiger partial charge in [-0.15, -0.1) is 0 Å². The van der Waals surface area contributed by atoms with Gasteiger partial charge in [-0.3, -0.25) is 10.2 Å². The largest absolute Gasteiger partial charge is 0.507 e. The van der Waals surface area contributed by atoms with Crippen LogP contribution in [-0.4, -0.2) is 50.2 Å². The predicted octanol–water partition coefficient (Wildman–Crippen LogP) is 2.65. The molecule has 0 bridgehead atoms. The minimum atomic E-state index is -1.07. The van der Waals surface area contributed by atoms with Crippen molar-refractivity contribution in [1.29, 1.82) is 5.41 Å². The van der Waals surface area contributed by atoms with Gasteiger partial charge in [0.15, 0.2) is 0 Å². The van der Waals surface area contributed by atoms with Gasteiger partial charge in [0.05, 0.1) is 23.0 Å². The number of aromatic amines is 1. The van der Waals surface area contributed by atoms with E-state index >= 15 is 0 Å². The van der Waals surface area contributed by atoms with Gasteiger partial charge < -0.3 is 36.7 Å². The molecule has 2 amide bonds. The van der Waals surface area contributed by atoms with Crippen molar-refractivity contribution < 1.29 is 24.9 Å². The zero-order chi connectivity index (χ0) is 26.0. The van der Waals surface area contributed by atoms with Crippen LogP contribution in [0.15, 0.2) is 48.5 Å². The summed E-state index contributed by atoms with van der Waals surface area (Å²) >= 11 is 0. The normalized spacial score (nSPS) is 10.8. The maximum atomic E-state index is 11.5. The molecule has 1 heterocycles. The van der Waals surface area contributed by atoms with Crippen molar-refractivity contribution in [2.45, 2.75) is 13.0 Å². The van der Waals surface area contributed by atoms with E-state index in [1.807, 2.05) is 0 Å². The third-order valence-electron chi connectivity index (χ3n) is 5.61. The van der Waals surface area contributed by atoms with Gasteiger partial charge in [-0.2, -0.15) is 0 Å². The van der Waals surface area contributed by atoms with Crippen LogP contribution < -0.4 is 16.4 Å². The van der Waals surface area contributed by atoms with Gasteiger partial charge in [0.25, 0.3) is 0 Å². The first-order valence-corrected chi connectivity index (χ1v) is 10.9. The number of hydrogen-bond donors (Lipinski definition) is 8. The molecular formula is C25H24N6O5. The summed E-state index contributed by atoms with van der Waals surface area (Å²) in [6.07, 6.45) is -0.326. The molecule has 0 fully saturated rings. The molecule has 0 aliphatic rings. The number of amides is 2. The number of carboxylic acids is 1. The van der Waals surface area contributed by atoms with Crippen molar-refractivity contribution in [3.63, 3.8) is 0 Å². The van der Waals surface area contributed by atoms with Gasteiger partial charge in [-0.1, -0.05) is 6.07 Å². The number of rotatable bonds is 7. The lowest BCUT2D eigenvalue weighted by Gasteiger charge is -2.14. The number of aromatic nitrogens is 2. The van der Waals surface area contributed by atoms with E-state index in [0.29, 0.717) is 27.7 Å². The van der Waals surface area contributed by atoms with E-state index in [1.54, 1.807) is 30.3 Å². The first kappa shape index (κ1) is 24.1. The molecule has 36 heavy (non-hydrogen) atoms. The van der Waals surface area contributed by atoms with Crippen LogP contribution in [0.5, 0.6) is 11.5 Å². The second-order valence-corrected chi connectivity index (χ2v) is 8.13. The first-order valence-electron chi connectivity index (χ1n) is 10.9. The highest BCUT2D eigenvalue weighted by molar-refractivity contribution is 5.98. The molecule has 4 aromatic rings. The van der Waals surface area contributed by atoms with E-state index in [9.17, 15) is 24.9 Å². The highest BCUT2D eigenvalue weighted by Crippen LogP contribution is 2.42. The van der Waals surface area contributed by atoms with Gasteiger partial charge >= 0.3 is 12.0 Å². The first-order chi connectivity index (χ1) is 17.2. The summed E-state index contributed by atoms with van der Waals surface area (Å²) in [7, 11) is 1.49. The van der Waals surface area contributed by atoms with Gasteiger partial charge in [-0.25, -0.2) is 9.78 Å². The topological polar surface area (TPSA) is 197 Å². The summed E-state index contributed by atoms with van der Waals surface area (Å²) in [6.45, 7) is 0.164. The van der Waals surface area contributed by atoms with Crippen LogP contribution in [0.3, 0.4) is 0 Å². The van der Waals surface area contributed by atoms with E-state index < -0.39 is 5.97 Å². The Morgan fingerprint density at radius 1 is 1.03 bits per heavy atom. The number of phenolic OH excluding ortho intramolecular Hbond substituents is 2. The molecular weight excluding hydrogens is 464 g/mol. The molecule has 1 aromatic heterocycles. The molecule has 0 aliphatic heterocycles. The number of hydrogen-bond acceptors (Lipinski definition) is 6. The number of nitrogens with one attached hydrogen (secondary N) is 4. The molecule has 0 aliphatic carbocycles. The number of aromatic hydroxyl groups is 2. The molecule has 184 valence electrons. The zero-order valence-corrected chi connectivity index (χ0v) is 19.2. The molecule has 3 aromatic carbocycles. The van der Waals surface area contributed by atoms with E-state index in [0.717, 1.165) is 0 Å². The number of carbonyl (C=O) groups is 2. The molecule has 0 unspecified atom stereocenters. The predicted molar refractivity (Wildman–Crippen MR) is 134 cm³/mol. The Kier molecular flexibility index (Phi) is 6.46. The number of nitrogens with zero attached hydrogens (tertiary/aromatic N) is 1. The van der Waals surface area contributed by atoms with Gasteiger partial charge in [-0.05, 0) is 53.6 Å². The van der Waals surface area contributed by atoms with Crippen LogP contribution in [0.4, 0.5) is 4.79 Å². The molecule has 0 atom stereocenters. The molecule has 9 N–H and O–H groups in total. The Morgan fingerprint density at radius 2 is 1.75 bits per heavy atom. The van der Waals surface area contributed by atoms with E-state index in [-0.39, 0.29) is 58.8 Å². The SMILES string of the molecule is CNC(=O)NCc1ccc(O)c(-c2cc(CC(=O)O)cc(-c3nc4cc(C(=N)N)ccc4[nH]3)c2O)c1. The number of phenols is 2. The van der Waals surface area contributed by atoms with Crippen LogP contribution in [-0.2, 0) is 17.8 Å². The van der Waals surface area contributed by atoms with Gasteiger partial charge in [0, 0.05) is 30.3 Å². The van der Waals surface area contributed by atoms with Gasteiger partial charge in [0.1, 0.15) is 23.2 Å². The van der Waals surface area contributed by atoms with E-state index in [1.165, 1.54) is 25.2 Å². The fourth-order valence-electron chi connectivity index (χ4n) is 3.84. The summed E-state index contributed by atoms with van der Waals surface area (Å²) in [6, 6.07) is 12.3. The number of nitrogen functional groups attached to an aromatic ring is 1. The average Bonchev–Trinajstić information content (AvgIpc) is 3.27. The van der Waals surface area contributed by atoms with Crippen LogP contribution >= 0.6 is 0 Å². The summed E-state index contributed by atoms with van der Waals surface area (Å²) in [5.41, 5.74) is 8.91. The van der Waals surface area contributed by atoms with Gasteiger partial charge in [0.2, 0.25) is 0 Å². The number of aliphatic carboxylic acids is 1. The van der Waals surface area contributed by atoms with Crippen molar-refractivity contribution in [2.75, 3.05) is 7.05 Å². The number of H-pyrrole nitrogens is 1. The Hall–Kier alpha value is -5.06. The number of carbonyl (C=O) groups excluding carboxylic acids is 1. The summed E-state index contributed by atoms with van der Waals surface area (Å²) < 4.78 is 0. The molecule has 11 heteroatoms. The number of fused-ring (bicyclic) bond motifs is 1. The minimum absolute atomic E-state index is 0.115. The van der Waals surface area contributed by atoms with Crippen molar-refractivity contribution in [2.24, 2.45) is 5.73 Å². The van der Waals surface area contributed by atoms with Crippen molar-refractivity contribution in [1.82, 2.24) is 20.6 Å². The lowest BCUT2D eigenvalue weighted by molar-refractivity contribution is -0.136. The third-order valence-corrected chi connectivity index (χ3v) is 5.61. The number of carboxylic acid groups (broad SMARTS) is 1. The zero-order valence-electron chi connectivity index (χ0n) is 19.2. The number of amidine groups is 1. The van der Waals surface area contributed by atoms with Crippen LogP contribution in [0.2, 0.25) is 0 Å². The molecule has 0 saturated carbocycles. The number of nitrogens with two attached hydrogens (primary N) is 1. The van der Waals surface area contributed by atoms with Crippen molar-refractivity contribution in [3.8, 4) is 34.0 Å². The number of benzene rings is 3. The Morgan fingerprint density at radius 3 is 2.44 bits per heavy atom.